The number of nitrogens with one attached hydrogen (secondary N) is 2. The second-order valence-electron chi connectivity index (χ2n) is 5.58. The molecule has 102 valence electrons. The summed E-state index contributed by atoms with van der Waals surface area (Å²) in [6.07, 6.45) is 5.99. The van der Waals surface area contributed by atoms with E-state index in [1.54, 1.807) is 0 Å². The molecule has 2 bridgehead atoms. The van der Waals surface area contributed by atoms with Crippen molar-refractivity contribution in [1.82, 2.24) is 10.6 Å². The van der Waals surface area contributed by atoms with Crippen molar-refractivity contribution in [3.05, 3.63) is 0 Å². The molecule has 2 fully saturated rings. The van der Waals surface area contributed by atoms with E-state index in [-0.39, 0.29) is 12.1 Å². The van der Waals surface area contributed by atoms with Gasteiger partial charge in [0, 0.05) is 6.04 Å². The van der Waals surface area contributed by atoms with Gasteiger partial charge in [0.05, 0.1) is 0 Å². The number of aliphatic carboxylic acids is 1. The molecule has 3 N–H and O–H groups in total. The third-order valence-electron chi connectivity index (χ3n) is 4.24. The number of carbonyl (C=O) groups is 2. The van der Waals surface area contributed by atoms with Crippen molar-refractivity contribution in [2.45, 2.75) is 57.5 Å². The van der Waals surface area contributed by atoms with Crippen molar-refractivity contribution in [3.8, 4) is 0 Å². The quantitative estimate of drug-likeness (QED) is 0.699. The van der Waals surface area contributed by atoms with Crippen molar-refractivity contribution in [2.24, 2.45) is 11.8 Å². The Hall–Kier alpha value is -1.26. The van der Waals surface area contributed by atoms with E-state index < -0.39 is 12.0 Å². The zero-order chi connectivity index (χ0) is 13.1. The van der Waals surface area contributed by atoms with E-state index in [9.17, 15) is 9.59 Å². The lowest BCUT2D eigenvalue weighted by Crippen LogP contribution is -2.50. The van der Waals surface area contributed by atoms with Gasteiger partial charge in [-0.05, 0) is 37.5 Å². The molecular weight excluding hydrogens is 232 g/mol. The smallest absolute Gasteiger partial charge is 0.326 e. The van der Waals surface area contributed by atoms with Crippen LogP contribution in [0.15, 0.2) is 0 Å². The predicted molar refractivity (Wildman–Crippen MR) is 67.2 cm³/mol. The van der Waals surface area contributed by atoms with Crippen LogP contribution < -0.4 is 10.6 Å². The number of carboxylic acids is 1. The number of carbonyl (C=O) groups excluding carboxylic acids is 1. The van der Waals surface area contributed by atoms with Crippen molar-refractivity contribution in [1.29, 1.82) is 0 Å². The summed E-state index contributed by atoms with van der Waals surface area (Å²) in [5.74, 6) is 0.418. The van der Waals surface area contributed by atoms with Gasteiger partial charge in [-0.2, -0.15) is 0 Å². The summed E-state index contributed by atoms with van der Waals surface area (Å²) in [6, 6.07) is -0.846. The minimum absolute atomic E-state index is 0.250. The molecule has 5 nitrogen and oxygen atoms in total. The van der Waals surface area contributed by atoms with E-state index >= 15 is 0 Å². The molecule has 0 aromatic carbocycles. The highest BCUT2D eigenvalue weighted by atomic mass is 16.4. The Balaban J connectivity index is 1.79. The maximum atomic E-state index is 11.8. The Morgan fingerprint density at radius 1 is 1.33 bits per heavy atom. The second kappa shape index (κ2) is 5.59. The zero-order valence-corrected chi connectivity index (χ0v) is 10.8. The van der Waals surface area contributed by atoms with Crippen LogP contribution >= 0.6 is 0 Å². The van der Waals surface area contributed by atoms with Crippen LogP contribution in [0, 0.1) is 11.8 Å². The fraction of sp³-hybridized carbons (Fsp3) is 0.846. The molecule has 0 aliphatic heterocycles. The molecule has 2 rings (SSSR count). The topological polar surface area (TPSA) is 78.4 Å². The van der Waals surface area contributed by atoms with E-state index in [0.717, 1.165) is 18.8 Å². The highest BCUT2D eigenvalue weighted by Crippen LogP contribution is 2.44. The molecule has 0 saturated heterocycles. The van der Waals surface area contributed by atoms with Gasteiger partial charge in [0.1, 0.15) is 6.04 Å². The zero-order valence-electron chi connectivity index (χ0n) is 10.8. The molecule has 5 heteroatoms. The molecule has 0 aromatic rings. The number of amides is 2. The fourth-order valence-electron chi connectivity index (χ4n) is 3.34. The van der Waals surface area contributed by atoms with E-state index in [1.807, 2.05) is 6.92 Å². The van der Waals surface area contributed by atoms with Crippen LogP contribution in [0.4, 0.5) is 4.79 Å². The molecular formula is C13H22N2O3. The fourth-order valence-corrected chi connectivity index (χ4v) is 3.34. The standard InChI is InChI=1S/C13H22N2O3/c1-2-3-10(12(16)17)14-13(18)15-11-7-8-4-5-9(11)6-8/h8-11H,2-7H2,1H3,(H,16,17)(H2,14,15,18). The number of hydrogen-bond acceptors (Lipinski definition) is 2. The molecule has 2 saturated carbocycles. The van der Waals surface area contributed by atoms with Crippen LogP contribution in [0.25, 0.3) is 0 Å². The first kappa shape index (κ1) is 13.2. The first-order valence-corrected chi connectivity index (χ1v) is 6.90. The van der Waals surface area contributed by atoms with Crippen LogP contribution in [0.3, 0.4) is 0 Å². The van der Waals surface area contributed by atoms with Crippen molar-refractivity contribution in [3.63, 3.8) is 0 Å². The summed E-state index contributed by atoms with van der Waals surface area (Å²) in [5, 5.41) is 14.5. The molecule has 4 atom stereocenters. The molecule has 2 aliphatic carbocycles. The summed E-state index contributed by atoms with van der Waals surface area (Å²) in [6.45, 7) is 1.91. The first-order valence-electron chi connectivity index (χ1n) is 6.90. The lowest BCUT2D eigenvalue weighted by Gasteiger charge is -2.24. The number of urea groups is 1. The average molecular weight is 254 g/mol. The third kappa shape index (κ3) is 2.94. The van der Waals surface area contributed by atoms with Crippen LogP contribution in [0.5, 0.6) is 0 Å². The van der Waals surface area contributed by atoms with Gasteiger partial charge < -0.3 is 15.7 Å². The number of fused-ring (bicyclic) bond motifs is 2. The molecule has 18 heavy (non-hydrogen) atoms. The molecule has 0 spiro atoms. The first-order chi connectivity index (χ1) is 8.60. The highest BCUT2D eigenvalue weighted by Gasteiger charge is 2.40. The lowest BCUT2D eigenvalue weighted by molar-refractivity contribution is -0.139. The number of hydrogen-bond donors (Lipinski definition) is 3. The minimum atomic E-state index is -0.958. The average Bonchev–Trinajstić information content (AvgIpc) is 2.90. The SMILES string of the molecule is CCCC(NC(=O)NC1CC2CCC1C2)C(=O)O. The Morgan fingerprint density at radius 3 is 2.61 bits per heavy atom. The largest absolute Gasteiger partial charge is 0.480 e. The van der Waals surface area contributed by atoms with Gasteiger partial charge in [-0.1, -0.05) is 19.8 Å². The van der Waals surface area contributed by atoms with E-state index in [4.69, 9.17) is 5.11 Å². The minimum Gasteiger partial charge on any atom is -0.480 e. The summed E-state index contributed by atoms with van der Waals surface area (Å²) in [5.41, 5.74) is 0. The highest BCUT2D eigenvalue weighted by molar-refractivity contribution is 5.82. The summed E-state index contributed by atoms with van der Waals surface area (Å²) < 4.78 is 0. The molecule has 0 heterocycles. The summed E-state index contributed by atoms with van der Waals surface area (Å²) in [7, 11) is 0. The Bertz CT molecular complexity index is 332. The van der Waals surface area contributed by atoms with Crippen molar-refractivity contribution >= 4 is 12.0 Å². The molecule has 0 radical (unpaired) electrons. The maximum absolute atomic E-state index is 11.8. The Kier molecular flexibility index (Phi) is 4.09. The van der Waals surface area contributed by atoms with Gasteiger partial charge in [0.25, 0.3) is 0 Å². The predicted octanol–water partition coefficient (Wildman–Crippen LogP) is 1.73. The van der Waals surface area contributed by atoms with Crippen molar-refractivity contribution in [2.75, 3.05) is 0 Å². The van der Waals surface area contributed by atoms with E-state index in [1.165, 1.54) is 19.3 Å². The Labute approximate surface area is 107 Å². The molecule has 2 aliphatic rings. The van der Waals surface area contributed by atoms with Gasteiger partial charge in [0.15, 0.2) is 0 Å². The number of rotatable bonds is 5. The van der Waals surface area contributed by atoms with E-state index in [0.29, 0.717) is 12.3 Å². The van der Waals surface area contributed by atoms with Crippen LogP contribution in [0.2, 0.25) is 0 Å². The molecule has 4 unspecified atom stereocenters. The van der Waals surface area contributed by atoms with E-state index in [2.05, 4.69) is 10.6 Å². The normalized spacial score (nSPS) is 31.1. The summed E-state index contributed by atoms with van der Waals surface area (Å²) in [4.78, 5) is 22.7. The van der Waals surface area contributed by atoms with Gasteiger partial charge in [0.2, 0.25) is 0 Å². The maximum Gasteiger partial charge on any atom is 0.326 e. The van der Waals surface area contributed by atoms with Gasteiger partial charge in [-0.15, -0.1) is 0 Å². The molecule has 2 amide bonds. The Morgan fingerprint density at radius 2 is 2.11 bits per heavy atom. The summed E-state index contributed by atoms with van der Waals surface area (Å²) >= 11 is 0. The van der Waals surface area contributed by atoms with Crippen LogP contribution in [0.1, 0.15) is 45.4 Å². The van der Waals surface area contributed by atoms with Gasteiger partial charge in [-0.3, -0.25) is 0 Å². The second-order valence-corrected chi connectivity index (χ2v) is 5.58. The lowest BCUT2D eigenvalue weighted by atomic mass is 9.95. The monoisotopic (exact) mass is 254 g/mol. The van der Waals surface area contributed by atoms with Gasteiger partial charge >= 0.3 is 12.0 Å². The third-order valence-corrected chi connectivity index (χ3v) is 4.24. The molecule has 0 aromatic heterocycles. The van der Waals surface area contributed by atoms with Crippen LogP contribution in [-0.2, 0) is 4.79 Å². The van der Waals surface area contributed by atoms with Crippen molar-refractivity contribution < 1.29 is 14.7 Å². The number of carboxylic acid groups (broad SMARTS) is 1. The van der Waals surface area contributed by atoms with Gasteiger partial charge in [-0.25, -0.2) is 9.59 Å². The van der Waals surface area contributed by atoms with Crippen LogP contribution in [-0.4, -0.2) is 29.2 Å².